The van der Waals surface area contributed by atoms with Gasteiger partial charge in [-0.1, -0.05) is 0 Å². The predicted molar refractivity (Wildman–Crippen MR) is 99.0 cm³/mol. The molecule has 27 heavy (non-hydrogen) atoms. The Hall–Kier alpha value is -2.43. The molecule has 0 unspecified atom stereocenters. The van der Waals surface area contributed by atoms with Gasteiger partial charge in [0.2, 0.25) is 11.8 Å². The summed E-state index contributed by atoms with van der Waals surface area (Å²) in [6, 6.07) is 10.1. The number of carbonyl (C=O) groups is 2. The quantitative estimate of drug-likeness (QED) is 0.478. The lowest BCUT2D eigenvalue weighted by Gasteiger charge is -2.09. The number of nitrogens with one attached hydrogen (secondary N) is 3. The first kappa shape index (κ1) is 19.3. The molecule has 1 heterocycles. The molecule has 3 N–H and O–H groups in total. The summed E-state index contributed by atoms with van der Waals surface area (Å²) in [6.07, 6.45) is 0.193. The number of hydrogen-bond donors (Lipinski definition) is 3. The van der Waals surface area contributed by atoms with Crippen LogP contribution >= 0.6 is 11.8 Å². The van der Waals surface area contributed by atoms with E-state index in [0.29, 0.717) is 17.0 Å². The minimum Gasteiger partial charge on any atom is -0.326 e. The number of sulfonamides is 1. The fraction of sp³-hybridized carbons (Fsp3) is 0.176. The van der Waals surface area contributed by atoms with Crippen molar-refractivity contribution in [3.05, 3.63) is 53.8 Å². The minimum absolute atomic E-state index is 0.0428. The molecule has 0 aromatic heterocycles. The lowest BCUT2D eigenvalue weighted by atomic mass is 10.2. The highest BCUT2D eigenvalue weighted by Crippen LogP contribution is 2.25. The summed E-state index contributed by atoms with van der Waals surface area (Å²) in [4.78, 5) is 26.0. The summed E-state index contributed by atoms with van der Waals surface area (Å²) in [5.41, 5.74) is 3.33. The zero-order valence-electron chi connectivity index (χ0n) is 14.0. The molecule has 142 valence electrons. The van der Waals surface area contributed by atoms with Crippen molar-refractivity contribution in [1.82, 2.24) is 10.3 Å². The summed E-state index contributed by atoms with van der Waals surface area (Å²) in [6.45, 7) is 0. The number of hydrogen-bond acceptors (Lipinski definition) is 5. The predicted octanol–water partition coefficient (Wildman–Crippen LogP) is 1.81. The molecule has 3 rings (SSSR count). The number of anilines is 1. The van der Waals surface area contributed by atoms with Crippen molar-refractivity contribution in [2.75, 3.05) is 11.1 Å². The van der Waals surface area contributed by atoms with Crippen LogP contribution in [0.4, 0.5) is 10.1 Å². The Morgan fingerprint density at radius 1 is 1.19 bits per heavy atom. The number of rotatable bonds is 7. The molecular weight excluding hydrogens is 393 g/mol. The van der Waals surface area contributed by atoms with Crippen LogP contribution in [-0.4, -0.2) is 26.0 Å². The van der Waals surface area contributed by atoms with Gasteiger partial charge in [-0.15, -0.1) is 16.6 Å². The lowest BCUT2D eigenvalue weighted by molar-refractivity contribution is -0.121. The smallest absolute Gasteiger partial charge is 0.257 e. The molecule has 2 amide bonds. The Labute approximate surface area is 159 Å². The first-order valence-electron chi connectivity index (χ1n) is 7.95. The monoisotopic (exact) mass is 409 g/mol. The first-order valence-corrected chi connectivity index (χ1v) is 10.4. The molecule has 0 fully saturated rings. The molecule has 0 saturated heterocycles. The number of amides is 2. The molecule has 0 spiro atoms. The van der Waals surface area contributed by atoms with Crippen molar-refractivity contribution in [1.29, 1.82) is 0 Å². The van der Waals surface area contributed by atoms with Crippen molar-refractivity contribution < 1.29 is 22.4 Å². The van der Waals surface area contributed by atoms with Gasteiger partial charge >= 0.3 is 0 Å². The second-order valence-corrected chi connectivity index (χ2v) is 8.60. The van der Waals surface area contributed by atoms with Gasteiger partial charge in [0.15, 0.2) is 0 Å². The van der Waals surface area contributed by atoms with Crippen LogP contribution in [0.1, 0.15) is 12.0 Å². The molecule has 0 bridgehead atoms. The Kier molecular flexibility index (Phi) is 5.78. The third kappa shape index (κ3) is 5.06. The number of benzene rings is 2. The van der Waals surface area contributed by atoms with Gasteiger partial charge in [-0.05, 0) is 48.0 Å². The van der Waals surface area contributed by atoms with Gasteiger partial charge in [0.05, 0.1) is 11.3 Å². The largest absolute Gasteiger partial charge is 0.326 e. The number of thioether (sulfide) groups is 1. The topological polar surface area (TPSA) is 104 Å². The van der Waals surface area contributed by atoms with Crippen LogP contribution < -0.4 is 15.6 Å². The molecule has 0 radical (unpaired) electrons. The van der Waals surface area contributed by atoms with Gasteiger partial charge in [0.25, 0.3) is 10.0 Å². The van der Waals surface area contributed by atoms with Crippen LogP contribution in [0, 0.1) is 5.82 Å². The van der Waals surface area contributed by atoms with Crippen molar-refractivity contribution >= 4 is 39.3 Å². The zero-order valence-corrected chi connectivity index (χ0v) is 15.6. The van der Waals surface area contributed by atoms with Gasteiger partial charge in [-0.2, -0.15) is 0 Å². The van der Waals surface area contributed by atoms with Crippen molar-refractivity contribution in [3.8, 4) is 0 Å². The molecule has 0 aliphatic carbocycles. The number of carbonyl (C=O) groups excluding carboxylic acids is 2. The fourth-order valence-electron chi connectivity index (χ4n) is 2.41. The first-order chi connectivity index (χ1) is 12.8. The second-order valence-electron chi connectivity index (χ2n) is 5.75. The summed E-state index contributed by atoms with van der Waals surface area (Å²) < 4.78 is 37.4. The molecule has 2 aromatic carbocycles. The summed E-state index contributed by atoms with van der Waals surface area (Å²) in [5.74, 6) is -0.616. The Morgan fingerprint density at radius 2 is 1.93 bits per heavy atom. The van der Waals surface area contributed by atoms with Gasteiger partial charge in [-0.3, -0.25) is 15.0 Å². The summed E-state index contributed by atoms with van der Waals surface area (Å²) in [5, 5.41) is 2.62. The summed E-state index contributed by atoms with van der Waals surface area (Å²) in [7, 11) is -3.95. The van der Waals surface area contributed by atoms with E-state index >= 15 is 0 Å². The van der Waals surface area contributed by atoms with Crippen molar-refractivity contribution in [2.45, 2.75) is 22.6 Å². The van der Waals surface area contributed by atoms with Gasteiger partial charge in [-0.25, -0.2) is 12.8 Å². The SMILES string of the molecule is O=C(CCSc1ccc(F)cc1)NNS(=O)(=O)c1ccc2c(c1)CC(=O)N2. The Balaban J connectivity index is 1.50. The maximum Gasteiger partial charge on any atom is 0.257 e. The standard InChI is InChI=1S/C17H16FN3O4S2/c18-12-1-3-13(4-2-12)26-8-7-16(22)20-21-27(24,25)14-5-6-15-11(9-14)10-17(23)19-15/h1-6,9,21H,7-8,10H2,(H,19,23)(H,20,22). The van der Waals surface area contributed by atoms with Crippen molar-refractivity contribution in [2.24, 2.45) is 0 Å². The van der Waals surface area contributed by atoms with E-state index in [-0.39, 0.29) is 29.5 Å². The fourth-order valence-corrected chi connectivity index (χ4v) is 4.17. The average Bonchev–Trinajstić information content (AvgIpc) is 3.01. The number of hydrazine groups is 1. The van der Waals surface area contributed by atoms with E-state index in [0.717, 1.165) is 4.90 Å². The maximum absolute atomic E-state index is 12.8. The molecule has 2 aromatic rings. The van der Waals surface area contributed by atoms with Gasteiger partial charge < -0.3 is 5.32 Å². The summed E-state index contributed by atoms with van der Waals surface area (Å²) >= 11 is 1.36. The van der Waals surface area contributed by atoms with E-state index in [4.69, 9.17) is 0 Å². The zero-order chi connectivity index (χ0) is 19.4. The molecule has 1 aliphatic heterocycles. The van der Waals surface area contributed by atoms with Crippen LogP contribution in [0.3, 0.4) is 0 Å². The van der Waals surface area contributed by atoms with Crippen molar-refractivity contribution in [3.63, 3.8) is 0 Å². The highest BCUT2D eigenvalue weighted by atomic mass is 32.2. The third-order valence-electron chi connectivity index (χ3n) is 3.75. The third-order valence-corrected chi connectivity index (χ3v) is 6.01. The number of fused-ring (bicyclic) bond motifs is 1. The van der Waals surface area contributed by atoms with Crippen LogP contribution in [0.15, 0.2) is 52.3 Å². The minimum atomic E-state index is -3.95. The van der Waals surface area contributed by atoms with Crippen LogP contribution in [0.5, 0.6) is 0 Å². The Morgan fingerprint density at radius 3 is 2.67 bits per heavy atom. The molecule has 10 heteroatoms. The molecule has 7 nitrogen and oxygen atoms in total. The van der Waals surface area contributed by atoms with E-state index in [9.17, 15) is 22.4 Å². The molecule has 0 atom stereocenters. The van der Waals surface area contributed by atoms with E-state index in [2.05, 4.69) is 10.7 Å². The van der Waals surface area contributed by atoms with Gasteiger partial charge in [0, 0.05) is 22.8 Å². The van der Waals surface area contributed by atoms with Crippen LogP contribution in [0.25, 0.3) is 0 Å². The molecule has 1 aliphatic rings. The lowest BCUT2D eigenvalue weighted by Crippen LogP contribution is -2.41. The second kappa shape index (κ2) is 8.07. The highest BCUT2D eigenvalue weighted by Gasteiger charge is 2.22. The number of halogens is 1. The molecule has 0 saturated carbocycles. The molecular formula is C17H16FN3O4S2. The highest BCUT2D eigenvalue weighted by molar-refractivity contribution is 7.99. The van der Waals surface area contributed by atoms with Crippen LogP contribution in [0.2, 0.25) is 0 Å². The van der Waals surface area contributed by atoms with E-state index < -0.39 is 15.9 Å². The van der Waals surface area contributed by atoms with E-state index in [1.165, 1.54) is 42.1 Å². The maximum atomic E-state index is 12.8. The normalized spacial score (nSPS) is 13.1. The Bertz CT molecular complexity index is 978. The average molecular weight is 409 g/mol. The van der Waals surface area contributed by atoms with Gasteiger partial charge in [0.1, 0.15) is 5.82 Å². The van der Waals surface area contributed by atoms with Crippen LogP contribution in [-0.2, 0) is 26.0 Å². The van der Waals surface area contributed by atoms with E-state index in [1.807, 2.05) is 4.83 Å². The van der Waals surface area contributed by atoms with E-state index in [1.54, 1.807) is 12.1 Å².